The van der Waals surface area contributed by atoms with Crippen LogP contribution in [0.15, 0.2) is 77.7 Å². The molecular formula is C25H25N3O5S. The van der Waals surface area contributed by atoms with E-state index in [1.807, 2.05) is 18.2 Å². The van der Waals surface area contributed by atoms with E-state index in [1.165, 1.54) is 12.1 Å². The molecule has 1 unspecified atom stereocenters. The number of hydrogen-bond acceptors (Lipinski definition) is 5. The highest BCUT2D eigenvalue weighted by Crippen LogP contribution is 2.26. The Hall–Kier alpha value is -3.69. The van der Waals surface area contributed by atoms with Crippen LogP contribution in [-0.4, -0.2) is 27.3 Å². The number of hydrogen-bond donors (Lipinski definition) is 3. The lowest BCUT2D eigenvalue weighted by Gasteiger charge is -2.21. The van der Waals surface area contributed by atoms with Crippen LogP contribution >= 0.6 is 0 Å². The van der Waals surface area contributed by atoms with Crippen LogP contribution in [0.4, 0.5) is 5.69 Å². The monoisotopic (exact) mass is 479 g/mol. The van der Waals surface area contributed by atoms with Gasteiger partial charge in [-0.2, -0.15) is 4.72 Å². The largest absolute Gasteiger partial charge is 0.496 e. The number of aryl methyl sites for hydroxylation is 1. The van der Waals surface area contributed by atoms with Crippen molar-refractivity contribution in [2.24, 2.45) is 0 Å². The SMILES string of the molecule is COc1ccccc1CNC(=O)C(NS(=O)(=O)c1ccc2c(c1)CCC(=O)N2)c1ccccc1. The minimum Gasteiger partial charge on any atom is -0.496 e. The van der Waals surface area contributed by atoms with Crippen LogP contribution in [0.2, 0.25) is 0 Å². The van der Waals surface area contributed by atoms with E-state index in [-0.39, 0.29) is 17.3 Å². The predicted molar refractivity (Wildman–Crippen MR) is 128 cm³/mol. The summed E-state index contributed by atoms with van der Waals surface area (Å²) in [6, 6.07) is 19.3. The van der Waals surface area contributed by atoms with Gasteiger partial charge in [0, 0.05) is 24.2 Å². The Kier molecular flexibility index (Phi) is 6.95. The highest BCUT2D eigenvalue weighted by atomic mass is 32.2. The molecule has 0 aromatic heterocycles. The summed E-state index contributed by atoms with van der Waals surface area (Å²) < 4.78 is 34.4. The highest BCUT2D eigenvalue weighted by molar-refractivity contribution is 7.89. The van der Waals surface area contributed by atoms with Gasteiger partial charge in [-0.15, -0.1) is 0 Å². The molecule has 4 rings (SSSR count). The van der Waals surface area contributed by atoms with E-state index in [4.69, 9.17) is 4.74 Å². The normalized spacial score (nSPS) is 14.0. The molecule has 2 amide bonds. The van der Waals surface area contributed by atoms with Crippen LogP contribution in [0.3, 0.4) is 0 Å². The Labute approximate surface area is 198 Å². The van der Waals surface area contributed by atoms with E-state index in [0.29, 0.717) is 29.8 Å². The number of methoxy groups -OCH3 is 1. The van der Waals surface area contributed by atoms with E-state index < -0.39 is 22.0 Å². The van der Waals surface area contributed by atoms with Gasteiger partial charge < -0.3 is 15.4 Å². The summed E-state index contributed by atoms with van der Waals surface area (Å²) in [6.07, 6.45) is 0.744. The van der Waals surface area contributed by atoms with E-state index in [0.717, 1.165) is 11.1 Å². The molecule has 0 radical (unpaired) electrons. The number of carbonyl (C=O) groups excluding carboxylic acids is 2. The van der Waals surface area contributed by atoms with Crippen molar-refractivity contribution in [2.75, 3.05) is 12.4 Å². The smallest absolute Gasteiger partial charge is 0.243 e. The Bertz CT molecular complexity index is 1310. The predicted octanol–water partition coefficient (Wildman–Crippen LogP) is 2.92. The second-order valence-electron chi connectivity index (χ2n) is 7.86. The molecule has 0 bridgehead atoms. The van der Waals surface area contributed by atoms with Crippen LogP contribution in [0.5, 0.6) is 5.75 Å². The van der Waals surface area contributed by atoms with Gasteiger partial charge in [0.2, 0.25) is 21.8 Å². The van der Waals surface area contributed by atoms with Crippen molar-refractivity contribution in [3.63, 3.8) is 0 Å². The zero-order valence-corrected chi connectivity index (χ0v) is 19.4. The minimum atomic E-state index is -4.04. The van der Waals surface area contributed by atoms with Gasteiger partial charge in [0.25, 0.3) is 0 Å². The quantitative estimate of drug-likeness (QED) is 0.460. The van der Waals surface area contributed by atoms with Crippen molar-refractivity contribution in [3.8, 4) is 5.75 Å². The van der Waals surface area contributed by atoms with Gasteiger partial charge in [-0.1, -0.05) is 48.5 Å². The molecule has 1 aliphatic heterocycles. The standard InChI is InChI=1S/C25H25N3O5S/c1-33-22-10-6-5-9-19(22)16-26-25(30)24(17-7-3-2-4-8-17)28-34(31,32)20-12-13-21-18(15-20)11-14-23(29)27-21/h2-10,12-13,15,24,28H,11,14,16H2,1H3,(H,26,30)(H,27,29). The molecule has 176 valence electrons. The second-order valence-corrected chi connectivity index (χ2v) is 9.58. The molecule has 1 heterocycles. The van der Waals surface area contributed by atoms with Gasteiger partial charge >= 0.3 is 0 Å². The van der Waals surface area contributed by atoms with E-state index >= 15 is 0 Å². The molecule has 1 aliphatic rings. The molecule has 0 aliphatic carbocycles. The number of benzene rings is 3. The fourth-order valence-electron chi connectivity index (χ4n) is 3.80. The maximum atomic E-state index is 13.2. The second kappa shape index (κ2) is 10.1. The summed E-state index contributed by atoms with van der Waals surface area (Å²) >= 11 is 0. The zero-order valence-electron chi connectivity index (χ0n) is 18.6. The molecule has 3 aromatic rings. The van der Waals surface area contributed by atoms with E-state index in [9.17, 15) is 18.0 Å². The molecular weight excluding hydrogens is 454 g/mol. The number of sulfonamides is 1. The molecule has 9 heteroatoms. The van der Waals surface area contributed by atoms with Gasteiger partial charge in [-0.3, -0.25) is 9.59 Å². The summed E-state index contributed by atoms with van der Waals surface area (Å²) in [5.74, 6) is 0.0313. The Morgan fingerprint density at radius 3 is 2.53 bits per heavy atom. The molecule has 0 fully saturated rings. The molecule has 1 atom stereocenters. The van der Waals surface area contributed by atoms with Gasteiger partial charge in [0.15, 0.2) is 0 Å². The molecule has 3 aromatic carbocycles. The molecule has 8 nitrogen and oxygen atoms in total. The van der Waals surface area contributed by atoms with E-state index in [1.54, 1.807) is 49.6 Å². The van der Waals surface area contributed by atoms with Crippen molar-refractivity contribution in [1.82, 2.24) is 10.0 Å². The van der Waals surface area contributed by atoms with Crippen molar-refractivity contribution >= 4 is 27.5 Å². The Balaban J connectivity index is 1.58. The third-order valence-corrected chi connectivity index (χ3v) is 7.02. The van der Waals surface area contributed by atoms with Gasteiger partial charge in [0.1, 0.15) is 11.8 Å². The first-order chi connectivity index (χ1) is 16.4. The Morgan fingerprint density at radius 2 is 1.76 bits per heavy atom. The summed E-state index contributed by atoms with van der Waals surface area (Å²) in [6.45, 7) is 0.173. The van der Waals surface area contributed by atoms with E-state index in [2.05, 4.69) is 15.4 Å². The average molecular weight is 480 g/mol. The summed E-state index contributed by atoms with van der Waals surface area (Å²) in [7, 11) is -2.50. The summed E-state index contributed by atoms with van der Waals surface area (Å²) in [5.41, 5.74) is 2.61. The van der Waals surface area contributed by atoms with Crippen molar-refractivity contribution in [1.29, 1.82) is 0 Å². The number of para-hydroxylation sites is 1. The summed E-state index contributed by atoms with van der Waals surface area (Å²) in [4.78, 5) is 24.8. The number of carbonyl (C=O) groups is 2. The third kappa shape index (κ3) is 5.27. The number of anilines is 1. The molecule has 34 heavy (non-hydrogen) atoms. The fourth-order valence-corrected chi connectivity index (χ4v) is 5.04. The number of amides is 2. The Morgan fingerprint density at radius 1 is 1.03 bits per heavy atom. The number of ether oxygens (including phenoxy) is 1. The van der Waals surface area contributed by atoms with Crippen molar-refractivity contribution in [3.05, 3.63) is 89.5 Å². The first-order valence-corrected chi connectivity index (χ1v) is 12.3. The third-order valence-electron chi connectivity index (χ3n) is 5.60. The lowest BCUT2D eigenvalue weighted by Crippen LogP contribution is -2.40. The molecule has 3 N–H and O–H groups in total. The van der Waals surface area contributed by atoms with Crippen molar-refractivity contribution < 1.29 is 22.7 Å². The fraction of sp³-hybridized carbons (Fsp3) is 0.200. The minimum absolute atomic E-state index is 0.0286. The maximum absolute atomic E-state index is 13.2. The highest BCUT2D eigenvalue weighted by Gasteiger charge is 2.28. The number of fused-ring (bicyclic) bond motifs is 1. The topological polar surface area (TPSA) is 114 Å². The molecule has 0 saturated heterocycles. The lowest BCUT2D eigenvalue weighted by atomic mass is 10.0. The van der Waals surface area contributed by atoms with Gasteiger partial charge in [-0.05, 0) is 41.8 Å². The first-order valence-electron chi connectivity index (χ1n) is 10.8. The van der Waals surface area contributed by atoms with Crippen LogP contribution in [0.25, 0.3) is 0 Å². The molecule has 0 spiro atoms. The van der Waals surface area contributed by atoms with Crippen LogP contribution < -0.4 is 20.1 Å². The number of nitrogens with one attached hydrogen (secondary N) is 3. The molecule has 0 saturated carbocycles. The van der Waals surface area contributed by atoms with Crippen LogP contribution in [-0.2, 0) is 32.6 Å². The van der Waals surface area contributed by atoms with Gasteiger partial charge in [0.05, 0.1) is 12.0 Å². The zero-order chi connectivity index (χ0) is 24.1. The maximum Gasteiger partial charge on any atom is 0.243 e. The lowest BCUT2D eigenvalue weighted by molar-refractivity contribution is -0.123. The first kappa shape index (κ1) is 23.5. The van der Waals surface area contributed by atoms with Crippen molar-refractivity contribution in [2.45, 2.75) is 30.3 Å². The average Bonchev–Trinajstić information content (AvgIpc) is 2.86. The van der Waals surface area contributed by atoms with Crippen LogP contribution in [0.1, 0.15) is 29.2 Å². The van der Waals surface area contributed by atoms with Crippen LogP contribution in [0, 0.1) is 0 Å². The van der Waals surface area contributed by atoms with Gasteiger partial charge in [-0.25, -0.2) is 8.42 Å². The number of rotatable bonds is 8. The summed E-state index contributed by atoms with van der Waals surface area (Å²) in [5, 5.41) is 5.54.